The molecule has 0 saturated heterocycles. The van der Waals surface area contributed by atoms with E-state index in [0.717, 1.165) is 43.9 Å². The number of nitrogens with zero attached hydrogens (tertiary/aromatic N) is 3. The predicted octanol–water partition coefficient (Wildman–Crippen LogP) is 5.21. The first kappa shape index (κ1) is 17.3. The van der Waals surface area contributed by atoms with Gasteiger partial charge in [-0.15, -0.1) is 0 Å². The Morgan fingerprint density at radius 2 is 1.66 bits per heavy atom. The normalized spacial score (nSPS) is 11.2. The lowest BCUT2D eigenvalue weighted by atomic mass is 10.0. The lowest BCUT2D eigenvalue weighted by Gasteiger charge is -2.06. The van der Waals surface area contributed by atoms with Crippen molar-refractivity contribution in [3.05, 3.63) is 96.6 Å². The van der Waals surface area contributed by atoms with Crippen LogP contribution in [0.4, 0.5) is 0 Å². The SMILES string of the molecule is Cn1cc(-c2ccc3cnc(CC(=O)c4ccc5ccccc5c4)cc3c2)cn1. The maximum atomic E-state index is 12.8. The van der Waals surface area contributed by atoms with E-state index in [1.165, 1.54) is 0 Å². The summed E-state index contributed by atoms with van der Waals surface area (Å²) in [4.78, 5) is 17.3. The molecule has 0 spiro atoms. The van der Waals surface area contributed by atoms with Gasteiger partial charge in [0.2, 0.25) is 0 Å². The number of aromatic nitrogens is 3. The molecule has 0 saturated carbocycles. The van der Waals surface area contributed by atoms with Crippen molar-refractivity contribution < 1.29 is 4.79 Å². The van der Waals surface area contributed by atoms with Gasteiger partial charge in [0, 0.05) is 41.6 Å². The minimum atomic E-state index is 0.0750. The lowest BCUT2D eigenvalue weighted by molar-refractivity contribution is 0.0992. The summed E-state index contributed by atoms with van der Waals surface area (Å²) < 4.78 is 1.79. The number of ketones is 1. The van der Waals surface area contributed by atoms with E-state index in [4.69, 9.17) is 0 Å². The summed E-state index contributed by atoms with van der Waals surface area (Å²) in [6.07, 6.45) is 5.97. The van der Waals surface area contributed by atoms with Crippen molar-refractivity contribution in [1.82, 2.24) is 14.8 Å². The molecular weight excluding hydrogens is 358 g/mol. The van der Waals surface area contributed by atoms with Crippen LogP contribution in [0, 0.1) is 0 Å². The average molecular weight is 377 g/mol. The largest absolute Gasteiger partial charge is 0.294 e. The highest BCUT2D eigenvalue weighted by Crippen LogP contribution is 2.24. The van der Waals surface area contributed by atoms with Gasteiger partial charge in [-0.1, -0.05) is 48.5 Å². The minimum Gasteiger partial charge on any atom is -0.294 e. The maximum Gasteiger partial charge on any atom is 0.168 e. The first-order valence-electron chi connectivity index (χ1n) is 9.55. The van der Waals surface area contributed by atoms with Crippen LogP contribution in [0.3, 0.4) is 0 Å². The molecule has 0 aliphatic rings. The molecule has 0 radical (unpaired) electrons. The fourth-order valence-corrected chi connectivity index (χ4v) is 3.66. The third kappa shape index (κ3) is 3.41. The molecule has 2 aromatic heterocycles. The Balaban J connectivity index is 1.45. The van der Waals surface area contributed by atoms with E-state index in [0.29, 0.717) is 0 Å². The van der Waals surface area contributed by atoms with E-state index in [1.54, 1.807) is 4.68 Å². The van der Waals surface area contributed by atoms with Crippen molar-refractivity contribution in [2.75, 3.05) is 0 Å². The third-order valence-electron chi connectivity index (χ3n) is 5.23. The molecule has 0 fully saturated rings. The van der Waals surface area contributed by atoms with Crippen molar-refractivity contribution in [3.8, 4) is 11.1 Å². The zero-order valence-electron chi connectivity index (χ0n) is 16.0. The number of fused-ring (bicyclic) bond motifs is 2. The Labute approximate surface area is 168 Å². The standard InChI is InChI=1S/C25H19N3O/c1-28-16-23(15-27-28)19-7-9-21-14-26-24(12-22(21)11-19)13-25(29)20-8-6-17-4-2-3-5-18(17)10-20/h2-12,14-16H,13H2,1H3. The molecule has 4 nitrogen and oxygen atoms in total. The van der Waals surface area contributed by atoms with E-state index in [1.807, 2.05) is 74.2 Å². The van der Waals surface area contributed by atoms with E-state index >= 15 is 0 Å². The van der Waals surface area contributed by atoms with Crippen LogP contribution in [0.1, 0.15) is 16.1 Å². The van der Waals surface area contributed by atoms with Gasteiger partial charge in [0.15, 0.2) is 5.78 Å². The van der Waals surface area contributed by atoms with Gasteiger partial charge in [-0.25, -0.2) is 0 Å². The van der Waals surface area contributed by atoms with Crippen LogP contribution in [-0.4, -0.2) is 20.5 Å². The summed E-state index contributed by atoms with van der Waals surface area (Å²) in [5.41, 5.74) is 3.66. The molecular formula is C25H19N3O. The fourth-order valence-electron chi connectivity index (χ4n) is 3.66. The van der Waals surface area contributed by atoms with E-state index in [2.05, 4.69) is 28.3 Å². The Morgan fingerprint density at radius 3 is 2.48 bits per heavy atom. The van der Waals surface area contributed by atoms with Crippen molar-refractivity contribution >= 4 is 27.3 Å². The molecule has 0 aliphatic heterocycles. The van der Waals surface area contributed by atoms with Gasteiger partial charge in [-0.05, 0) is 39.9 Å². The molecule has 0 amide bonds. The van der Waals surface area contributed by atoms with Gasteiger partial charge in [0.05, 0.1) is 12.6 Å². The molecule has 0 atom stereocenters. The van der Waals surface area contributed by atoms with Crippen LogP contribution >= 0.6 is 0 Å². The number of Topliss-reactive ketones (excluding diaryl/α,β-unsaturated/α-hetero) is 1. The topological polar surface area (TPSA) is 47.8 Å². The lowest BCUT2D eigenvalue weighted by Crippen LogP contribution is -2.05. The number of carbonyl (C=O) groups excluding carboxylic acids is 1. The Morgan fingerprint density at radius 1 is 0.828 bits per heavy atom. The van der Waals surface area contributed by atoms with E-state index in [-0.39, 0.29) is 12.2 Å². The van der Waals surface area contributed by atoms with Crippen molar-refractivity contribution in [1.29, 1.82) is 0 Å². The van der Waals surface area contributed by atoms with Crippen molar-refractivity contribution in [2.45, 2.75) is 6.42 Å². The fraction of sp³-hybridized carbons (Fsp3) is 0.0800. The van der Waals surface area contributed by atoms with Crippen LogP contribution in [0.5, 0.6) is 0 Å². The van der Waals surface area contributed by atoms with Gasteiger partial charge >= 0.3 is 0 Å². The molecule has 5 aromatic rings. The Bertz CT molecular complexity index is 1370. The summed E-state index contributed by atoms with van der Waals surface area (Å²) in [5.74, 6) is 0.0750. The summed E-state index contributed by atoms with van der Waals surface area (Å²) in [7, 11) is 1.91. The quantitative estimate of drug-likeness (QED) is 0.404. The molecule has 2 heterocycles. The van der Waals surface area contributed by atoms with Gasteiger partial charge in [-0.3, -0.25) is 14.5 Å². The minimum absolute atomic E-state index is 0.0750. The highest BCUT2D eigenvalue weighted by Gasteiger charge is 2.10. The van der Waals surface area contributed by atoms with Crippen LogP contribution in [0.15, 0.2) is 85.3 Å². The van der Waals surface area contributed by atoms with Crippen LogP contribution < -0.4 is 0 Å². The molecule has 140 valence electrons. The average Bonchev–Trinajstić information content (AvgIpc) is 3.19. The summed E-state index contributed by atoms with van der Waals surface area (Å²) in [6.45, 7) is 0. The summed E-state index contributed by atoms with van der Waals surface area (Å²) in [5, 5.41) is 8.58. The second-order valence-electron chi connectivity index (χ2n) is 7.30. The van der Waals surface area contributed by atoms with E-state index < -0.39 is 0 Å². The van der Waals surface area contributed by atoms with Crippen LogP contribution in [0.2, 0.25) is 0 Å². The third-order valence-corrected chi connectivity index (χ3v) is 5.23. The molecule has 0 N–H and O–H groups in total. The highest BCUT2D eigenvalue weighted by atomic mass is 16.1. The number of carbonyl (C=O) groups is 1. The smallest absolute Gasteiger partial charge is 0.168 e. The maximum absolute atomic E-state index is 12.8. The Kier molecular flexibility index (Phi) is 4.17. The molecule has 29 heavy (non-hydrogen) atoms. The first-order valence-corrected chi connectivity index (χ1v) is 9.55. The Hall–Kier alpha value is -3.79. The van der Waals surface area contributed by atoms with Gasteiger partial charge in [-0.2, -0.15) is 5.10 Å². The molecule has 0 unspecified atom stereocenters. The zero-order chi connectivity index (χ0) is 19.8. The monoisotopic (exact) mass is 377 g/mol. The van der Waals surface area contributed by atoms with Gasteiger partial charge in [0.1, 0.15) is 0 Å². The van der Waals surface area contributed by atoms with Crippen molar-refractivity contribution in [3.63, 3.8) is 0 Å². The predicted molar refractivity (Wildman–Crippen MR) is 116 cm³/mol. The number of pyridine rings is 1. The second-order valence-corrected chi connectivity index (χ2v) is 7.30. The molecule has 5 rings (SSSR count). The van der Waals surface area contributed by atoms with E-state index in [9.17, 15) is 4.79 Å². The molecule has 0 aliphatic carbocycles. The molecule has 3 aromatic carbocycles. The number of hydrogen-bond acceptors (Lipinski definition) is 3. The van der Waals surface area contributed by atoms with Gasteiger partial charge in [0.25, 0.3) is 0 Å². The molecule has 0 bridgehead atoms. The van der Waals surface area contributed by atoms with Crippen LogP contribution in [0.25, 0.3) is 32.7 Å². The van der Waals surface area contributed by atoms with Crippen LogP contribution in [-0.2, 0) is 13.5 Å². The number of aryl methyl sites for hydroxylation is 1. The summed E-state index contributed by atoms with van der Waals surface area (Å²) >= 11 is 0. The van der Waals surface area contributed by atoms with Gasteiger partial charge < -0.3 is 0 Å². The highest BCUT2D eigenvalue weighted by molar-refractivity contribution is 6.01. The zero-order valence-corrected chi connectivity index (χ0v) is 16.0. The number of benzene rings is 3. The summed E-state index contributed by atoms with van der Waals surface area (Å²) in [6, 6.07) is 22.2. The number of hydrogen-bond donors (Lipinski definition) is 0. The van der Waals surface area contributed by atoms with Crippen molar-refractivity contribution in [2.24, 2.45) is 7.05 Å². The first-order chi connectivity index (χ1) is 14.2. The molecule has 4 heteroatoms. The number of rotatable bonds is 4. The second kappa shape index (κ2) is 6.99.